The fourth-order valence-corrected chi connectivity index (χ4v) is 3.00. The van der Waals surface area contributed by atoms with Gasteiger partial charge in [0.15, 0.2) is 0 Å². The molecular weight excluding hydrogens is 296 g/mol. The van der Waals surface area contributed by atoms with Gasteiger partial charge in [0.1, 0.15) is 0 Å². The Labute approximate surface area is 142 Å². The van der Waals surface area contributed by atoms with Gasteiger partial charge in [-0.25, -0.2) is 4.79 Å². The summed E-state index contributed by atoms with van der Waals surface area (Å²) in [4.78, 5) is 12.3. The summed E-state index contributed by atoms with van der Waals surface area (Å²) in [6.07, 6.45) is 0. The predicted molar refractivity (Wildman–Crippen MR) is 98.1 cm³/mol. The molecule has 0 heterocycles. The third-order valence-electron chi connectivity index (χ3n) is 4.23. The molecule has 0 bridgehead atoms. The molecule has 0 aromatic heterocycles. The van der Waals surface area contributed by atoms with Crippen molar-refractivity contribution >= 4 is 5.97 Å². The number of carbonyl (C=O) groups is 1. The van der Waals surface area contributed by atoms with Gasteiger partial charge in [0.05, 0.1) is 12.7 Å². The standard InChI is InChI=1S/C22H20O2/c1-15-12-13-20(21(14-15)22(23)24-3)19-11-7-6-10-18(19)17-9-5-4-8-16(17)2/h4-14H,1-3H3. The molecule has 120 valence electrons. The van der Waals surface area contributed by atoms with E-state index in [1.165, 1.54) is 18.2 Å². The molecule has 0 spiro atoms. The number of esters is 1. The minimum absolute atomic E-state index is 0.312. The Morgan fingerprint density at radius 1 is 0.750 bits per heavy atom. The van der Waals surface area contributed by atoms with E-state index in [-0.39, 0.29) is 5.97 Å². The van der Waals surface area contributed by atoms with E-state index in [0.717, 1.165) is 22.3 Å². The Morgan fingerprint density at radius 2 is 1.33 bits per heavy atom. The SMILES string of the molecule is COC(=O)c1cc(C)ccc1-c1ccccc1-c1ccccc1C. The second-order valence-corrected chi connectivity index (χ2v) is 5.90. The van der Waals surface area contributed by atoms with Crippen LogP contribution in [0.1, 0.15) is 21.5 Å². The summed E-state index contributed by atoms with van der Waals surface area (Å²) in [7, 11) is 1.42. The maximum atomic E-state index is 12.3. The van der Waals surface area contributed by atoms with E-state index in [2.05, 4.69) is 31.2 Å². The van der Waals surface area contributed by atoms with Gasteiger partial charge in [-0.05, 0) is 47.7 Å². The van der Waals surface area contributed by atoms with Crippen LogP contribution in [0.15, 0.2) is 66.7 Å². The molecule has 2 nitrogen and oxygen atoms in total. The highest BCUT2D eigenvalue weighted by Gasteiger charge is 2.17. The van der Waals surface area contributed by atoms with E-state index in [0.29, 0.717) is 5.56 Å². The molecule has 3 aromatic carbocycles. The zero-order valence-corrected chi connectivity index (χ0v) is 14.2. The number of hydrogen-bond acceptors (Lipinski definition) is 2. The van der Waals surface area contributed by atoms with Gasteiger partial charge in [0.2, 0.25) is 0 Å². The molecule has 0 radical (unpaired) electrons. The van der Waals surface area contributed by atoms with Gasteiger partial charge < -0.3 is 4.74 Å². The Bertz CT molecular complexity index is 894. The van der Waals surface area contributed by atoms with Gasteiger partial charge in [-0.1, -0.05) is 66.2 Å². The van der Waals surface area contributed by atoms with Crippen molar-refractivity contribution in [3.05, 3.63) is 83.4 Å². The highest BCUT2D eigenvalue weighted by Crippen LogP contribution is 2.35. The fraction of sp³-hybridized carbons (Fsp3) is 0.136. The van der Waals surface area contributed by atoms with Crippen molar-refractivity contribution in [1.82, 2.24) is 0 Å². The van der Waals surface area contributed by atoms with Crippen molar-refractivity contribution in [1.29, 1.82) is 0 Å². The Morgan fingerprint density at radius 3 is 1.96 bits per heavy atom. The van der Waals surface area contributed by atoms with Crippen LogP contribution >= 0.6 is 0 Å². The number of carbonyl (C=O) groups excluding carboxylic acids is 1. The summed E-state index contributed by atoms with van der Waals surface area (Å²) < 4.78 is 4.98. The van der Waals surface area contributed by atoms with Crippen LogP contribution in [0.5, 0.6) is 0 Å². The smallest absolute Gasteiger partial charge is 0.338 e. The van der Waals surface area contributed by atoms with Gasteiger partial charge in [0.25, 0.3) is 0 Å². The molecule has 2 heteroatoms. The fourth-order valence-electron chi connectivity index (χ4n) is 3.00. The summed E-state index contributed by atoms with van der Waals surface area (Å²) in [6, 6.07) is 22.4. The van der Waals surface area contributed by atoms with Gasteiger partial charge in [0, 0.05) is 0 Å². The molecule has 0 amide bonds. The third kappa shape index (κ3) is 2.95. The maximum absolute atomic E-state index is 12.3. The number of methoxy groups -OCH3 is 1. The predicted octanol–water partition coefficient (Wildman–Crippen LogP) is 5.42. The van der Waals surface area contributed by atoms with Gasteiger partial charge in [-0.2, -0.15) is 0 Å². The molecule has 0 unspecified atom stereocenters. The summed E-state index contributed by atoms with van der Waals surface area (Å²) in [5, 5.41) is 0. The summed E-state index contributed by atoms with van der Waals surface area (Å²) in [5.74, 6) is -0.312. The normalized spacial score (nSPS) is 10.5. The number of benzene rings is 3. The summed E-state index contributed by atoms with van der Waals surface area (Å²) in [5.41, 5.74) is 7.05. The molecule has 0 saturated heterocycles. The van der Waals surface area contributed by atoms with Crippen LogP contribution in [-0.2, 0) is 4.74 Å². The first-order valence-corrected chi connectivity index (χ1v) is 7.96. The minimum Gasteiger partial charge on any atom is -0.465 e. The average molecular weight is 316 g/mol. The first kappa shape index (κ1) is 16.0. The lowest BCUT2D eigenvalue weighted by Crippen LogP contribution is -2.04. The Balaban J connectivity index is 2.26. The van der Waals surface area contributed by atoms with Gasteiger partial charge in [-0.15, -0.1) is 0 Å². The van der Waals surface area contributed by atoms with E-state index >= 15 is 0 Å². The Hall–Kier alpha value is -2.87. The number of hydrogen-bond donors (Lipinski definition) is 0. The summed E-state index contributed by atoms with van der Waals surface area (Å²) >= 11 is 0. The van der Waals surface area contributed by atoms with Crippen molar-refractivity contribution in [2.75, 3.05) is 7.11 Å². The summed E-state index contributed by atoms with van der Waals surface area (Å²) in [6.45, 7) is 4.08. The van der Waals surface area contributed by atoms with Crippen molar-refractivity contribution < 1.29 is 9.53 Å². The third-order valence-corrected chi connectivity index (χ3v) is 4.23. The highest BCUT2D eigenvalue weighted by atomic mass is 16.5. The monoisotopic (exact) mass is 316 g/mol. The minimum atomic E-state index is -0.312. The molecule has 3 rings (SSSR count). The second-order valence-electron chi connectivity index (χ2n) is 5.90. The zero-order chi connectivity index (χ0) is 17.1. The highest BCUT2D eigenvalue weighted by molar-refractivity contribution is 6.00. The average Bonchev–Trinajstić information content (AvgIpc) is 2.61. The van der Waals surface area contributed by atoms with Crippen LogP contribution in [0.3, 0.4) is 0 Å². The first-order chi connectivity index (χ1) is 11.6. The lowest BCUT2D eigenvalue weighted by atomic mass is 9.89. The van der Waals surface area contributed by atoms with E-state index in [9.17, 15) is 4.79 Å². The molecule has 0 aliphatic carbocycles. The maximum Gasteiger partial charge on any atom is 0.338 e. The molecule has 0 N–H and O–H groups in total. The number of rotatable bonds is 3. The molecular formula is C22H20O2. The van der Waals surface area contributed by atoms with E-state index in [1.54, 1.807) is 0 Å². The molecule has 0 fully saturated rings. The number of aryl methyl sites for hydroxylation is 2. The van der Waals surface area contributed by atoms with Crippen LogP contribution < -0.4 is 0 Å². The van der Waals surface area contributed by atoms with Gasteiger partial charge in [-0.3, -0.25) is 0 Å². The quantitative estimate of drug-likeness (QED) is 0.603. The van der Waals surface area contributed by atoms with Crippen LogP contribution in [0.2, 0.25) is 0 Å². The molecule has 0 aliphatic heterocycles. The molecule has 24 heavy (non-hydrogen) atoms. The van der Waals surface area contributed by atoms with E-state index in [4.69, 9.17) is 4.74 Å². The van der Waals surface area contributed by atoms with Crippen LogP contribution in [-0.4, -0.2) is 13.1 Å². The molecule has 3 aromatic rings. The van der Waals surface area contributed by atoms with Crippen LogP contribution in [0.4, 0.5) is 0 Å². The Kier molecular flexibility index (Phi) is 4.48. The largest absolute Gasteiger partial charge is 0.465 e. The lowest BCUT2D eigenvalue weighted by molar-refractivity contribution is 0.0601. The van der Waals surface area contributed by atoms with Crippen molar-refractivity contribution in [3.8, 4) is 22.3 Å². The number of ether oxygens (including phenoxy) is 1. The topological polar surface area (TPSA) is 26.3 Å². The molecule has 0 saturated carbocycles. The van der Waals surface area contributed by atoms with Crippen LogP contribution in [0.25, 0.3) is 22.3 Å². The van der Waals surface area contributed by atoms with Gasteiger partial charge >= 0.3 is 5.97 Å². The van der Waals surface area contributed by atoms with Crippen LogP contribution in [0, 0.1) is 13.8 Å². The molecule has 0 atom stereocenters. The van der Waals surface area contributed by atoms with Crippen molar-refractivity contribution in [3.63, 3.8) is 0 Å². The lowest BCUT2D eigenvalue weighted by Gasteiger charge is -2.15. The molecule has 0 aliphatic rings. The van der Waals surface area contributed by atoms with E-state index in [1.807, 2.05) is 49.4 Å². The first-order valence-electron chi connectivity index (χ1n) is 7.96. The van der Waals surface area contributed by atoms with Crippen molar-refractivity contribution in [2.24, 2.45) is 0 Å². The van der Waals surface area contributed by atoms with Crippen molar-refractivity contribution in [2.45, 2.75) is 13.8 Å². The van der Waals surface area contributed by atoms with E-state index < -0.39 is 0 Å². The second kappa shape index (κ2) is 6.71. The zero-order valence-electron chi connectivity index (χ0n) is 14.2.